The van der Waals surface area contributed by atoms with Gasteiger partial charge in [-0.05, 0) is 75.1 Å². The topological polar surface area (TPSA) is 92.5 Å². The first-order valence-corrected chi connectivity index (χ1v) is 12.9. The van der Waals surface area contributed by atoms with Gasteiger partial charge in [0.15, 0.2) is 10.7 Å². The predicted octanol–water partition coefficient (Wildman–Crippen LogP) is 4.95. The zero-order valence-electron chi connectivity index (χ0n) is 19.9. The van der Waals surface area contributed by atoms with E-state index < -0.39 is 21.8 Å². The Kier molecular flexibility index (Phi) is 7.18. The van der Waals surface area contributed by atoms with Crippen molar-refractivity contribution in [3.63, 3.8) is 0 Å². The van der Waals surface area contributed by atoms with Crippen LogP contribution < -0.4 is 5.32 Å². The molecule has 0 bridgehead atoms. The Morgan fingerprint density at radius 2 is 1.89 bits per heavy atom. The highest BCUT2D eigenvalue weighted by atomic mass is 32.2. The van der Waals surface area contributed by atoms with Crippen LogP contribution in [0.2, 0.25) is 0 Å². The molecule has 1 amide bonds. The summed E-state index contributed by atoms with van der Waals surface area (Å²) in [6.07, 6.45) is 4.54. The molecule has 9 heteroatoms. The highest BCUT2D eigenvalue weighted by Crippen LogP contribution is 2.30. The lowest BCUT2D eigenvalue weighted by Crippen LogP contribution is -2.43. The Balaban J connectivity index is 1.55. The summed E-state index contributed by atoms with van der Waals surface area (Å²) in [5, 5.41) is 6.65. The Labute approximate surface area is 204 Å². The summed E-state index contributed by atoms with van der Waals surface area (Å²) in [6, 6.07) is 11.5. The van der Waals surface area contributed by atoms with Crippen molar-refractivity contribution in [2.45, 2.75) is 38.5 Å². The van der Waals surface area contributed by atoms with Gasteiger partial charge in [-0.15, -0.1) is 0 Å². The van der Waals surface area contributed by atoms with Crippen molar-refractivity contribution in [1.82, 2.24) is 9.46 Å². The van der Waals surface area contributed by atoms with Crippen molar-refractivity contribution in [3.8, 4) is 0 Å². The standard InChI is InChI=1S/C26H28FN3O4S/c1-17-6-7-18(2)20(15-17)8-13-24-25(19(3)29-34-24)35(32,33)30-14-4-5-21(16-30)26(31)28-23-11-9-22(27)10-12-23/h6-13,15,21H,4-5,14,16H2,1-3H3,(H,28,31)/b13-8+/t21-/m1/s1. The first-order valence-electron chi connectivity index (χ1n) is 11.4. The Morgan fingerprint density at radius 3 is 2.63 bits per heavy atom. The molecule has 2 aromatic carbocycles. The van der Waals surface area contributed by atoms with Gasteiger partial charge in [0, 0.05) is 18.8 Å². The molecule has 3 aromatic rings. The van der Waals surface area contributed by atoms with E-state index in [0.29, 0.717) is 25.1 Å². The summed E-state index contributed by atoms with van der Waals surface area (Å²) < 4.78 is 47.1. The predicted molar refractivity (Wildman–Crippen MR) is 133 cm³/mol. The highest BCUT2D eigenvalue weighted by Gasteiger charge is 2.37. The molecule has 0 radical (unpaired) electrons. The van der Waals surface area contributed by atoms with Crippen LogP contribution in [0.1, 0.15) is 41.0 Å². The summed E-state index contributed by atoms with van der Waals surface area (Å²) in [5.41, 5.74) is 3.83. The first-order chi connectivity index (χ1) is 16.6. The second-order valence-electron chi connectivity index (χ2n) is 8.85. The Morgan fingerprint density at radius 1 is 1.14 bits per heavy atom. The third kappa shape index (κ3) is 5.52. The van der Waals surface area contributed by atoms with Crippen LogP contribution in [-0.4, -0.2) is 36.9 Å². The number of sulfonamides is 1. The summed E-state index contributed by atoms with van der Waals surface area (Å²) in [5.74, 6) is -1.07. The maximum atomic E-state index is 13.6. The van der Waals surface area contributed by atoms with Crippen LogP contribution in [0.4, 0.5) is 10.1 Å². The molecule has 184 valence electrons. The van der Waals surface area contributed by atoms with Gasteiger partial charge in [0.25, 0.3) is 0 Å². The molecule has 1 atom stereocenters. The van der Waals surface area contributed by atoms with Gasteiger partial charge >= 0.3 is 0 Å². The SMILES string of the molecule is Cc1ccc(C)c(/C=C/c2onc(C)c2S(=O)(=O)N2CCC[C@@H](C(=O)Nc3ccc(F)cc3)C2)c1. The lowest BCUT2D eigenvalue weighted by molar-refractivity contribution is -0.120. The monoisotopic (exact) mass is 497 g/mol. The number of benzene rings is 2. The number of nitrogens with one attached hydrogen (secondary N) is 1. The number of hydrogen-bond acceptors (Lipinski definition) is 5. The Bertz CT molecular complexity index is 1360. The number of carbonyl (C=O) groups is 1. The van der Waals surface area contributed by atoms with E-state index in [1.165, 1.54) is 28.6 Å². The Hall–Kier alpha value is -3.30. The molecule has 1 fully saturated rings. The van der Waals surface area contributed by atoms with Crippen LogP contribution in [0.3, 0.4) is 0 Å². The fourth-order valence-electron chi connectivity index (χ4n) is 4.19. The van der Waals surface area contributed by atoms with E-state index in [-0.39, 0.29) is 28.8 Å². The van der Waals surface area contributed by atoms with E-state index in [1.807, 2.05) is 38.1 Å². The number of piperidine rings is 1. The van der Waals surface area contributed by atoms with E-state index in [9.17, 15) is 17.6 Å². The van der Waals surface area contributed by atoms with E-state index in [2.05, 4.69) is 10.5 Å². The quantitative estimate of drug-likeness (QED) is 0.520. The number of rotatable bonds is 6. The van der Waals surface area contributed by atoms with Crippen molar-refractivity contribution in [3.05, 3.63) is 76.4 Å². The van der Waals surface area contributed by atoms with Gasteiger partial charge in [-0.2, -0.15) is 4.31 Å². The zero-order chi connectivity index (χ0) is 25.2. The lowest BCUT2D eigenvalue weighted by atomic mass is 9.99. The first kappa shape index (κ1) is 24.8. The molecule has 1 N–H and O–H groups in total. The average molecular weight is 498 g/mol. The van der Waals surface area contributed by atoms with Crippen LogP contribution in [0.5, 0.6) is 0 Å². The number of anilines is 1. The number of amides is 1. The molecular weight excluding hydrogens is 469 g/mol. The van der Waals surface area contributed by atoms with Crippen LogP contribution in [0.15, 0.2) is 51.9 Å². The molecule has 7 nitrogen and oxygen atoms in total. The van der Waals surface area contributed by atoms with E-state index in [4.69, 9.17) is 4.52 Å². The molecule has 4 rings (SSSR count). The minimum Gasteiger partial charge on any atom is -0.355 e. The van der Waals surface area contributed by atoms with Crippen molar-refractivity contribution >= 4 is 33.8 Å². The van der Waals surface area contributed by atoms with E-state index in [1.54, 1.807) is 13.0 Å². The van der Waals surface area contributed by atoms with Gasteiger partial charge in [-0.25, -0.2) is 12.8 Å². The minimum absolute atomic E-state index is 0.0126. The second-order valence-corrected chi connectivity index (χ2v) is 10.7. The van der Waals surface area contributed by atoms with E-state index >= 15 is 0 Å². The number of nitrogens with zero attached hydrogens (tertiary/aromatic N) is 2. The second kappa shape index (κ2) is 10.1. The molecule has 0 aliphatic carbocycles. The van der Waals surface area contributed by atoms with E-state index in [0.717, 1.165) is 16.7 Å². The van der Waals surface area contributed by atoms with Gasteiger partial charge in [-0.3, -0.25) is 4.79 Å². The van der Waals surface area contributed by atoms with Crippen molar-refractivity contribution in [2.75, 3.05) is 18.4 Å². The summed E-state index contributed by atoms with van der Waals surface area (Å²) in [4.78, 5) is 12.8. The van der Waals surface area contributed by atoms with Gasteiger partial charge < -0.3 is 9.84 Å². The number of halogens is 1. The molecule has 0 unspecified atom stereocenters. The van der Waals surface area contributed by atoms with Gasteiger partial charge in [0.05, 0.1) is 5.92 Å². The number of carbonyl (C=O) groups excluding carboxylic acids is 1. The molecule has 0 saturated carbocycles. The summed E-state index contributed by atoms with van der Waals surface area (Å²) >= 11 is 0. The average Bonchev–Trinajstić information content (AvgIpc) is 3.22. The number of hydrogen-bond donors (Lipinski definition) is 1. The van der Waals surface area contributed by atoms with Crippen LogP contribution in [-0.2, 0) is 14.8 Å². The maximum absolute atomic E-state index is 13.6. The molecule has 1 aromatic heterocycles. The number of aromatic nitrogens is 1. The molecule has 0 spiro atoms. The van der Waals surface area contributed by atoms with Crippen LogP contribution in [0, 0.1) is 32.5 Å². The van der Waals surface area contributed by atoms with Gasteiger partial charge in [-0.1, -0.05) is 35.0 Å². The zero-order valence-corrected chi connectivity index (χ0v) is 20.7. The molecule has 2 heterocycles. The van der Waals surface area contributed by atoms with Gasteiger partial charge in [0.1, 0.15) is 11.5 Å². The fourth-order valence-corrected chi connectivity index (χ4v) is 5.96. The van der Waals surface area contributed by atoms with Crippen molar-refractivity contribution in [2.24, 2.45) is 5.92 Å². The van der Waals surface area contributed by atoms with Crippen molar-refractivity contribution < 1.29 is 22.1 Å². The normalized spacial score (nSPS) is 17.1. The molecular formula is C26H28FN3O4S. The smallest absolute Gasteiger partial charge is 0.248 e. The van der Waals surface area contributed by atoms with Crippen LogP contribution >= 0.6 is 0 Å². The molecule has 1 aliphatic rings. The fraction of sp³-hybridized carbons (Fsp3) is 0.308. The third-order valence-electron chi connectivity index (χ3n) is 6.15. The molecule has 1 saturated heterocycles. The highest BCUT2D eigenvalue weighted by molar-refractivity contribution is 7.89. The van der Waals surface area contributed by atoms with Crippen LogP contribution in [0.25, 0.3) is 12.2 Å². The number of aryl methyl sites for hydroxylation is 3. The largest absolute Gasteiger partial charge is 0.355 e. The molecule has 1 aliphatic heterocycles. The third-order valence-corrected chi connectivity index (χ3v) is 8.17. The lowest BCUT2D eigenvalue weighted by Gasteiger charge is -2.31. The summed E-state index contributed by atoms with van der Waals surface area (Å²) in [6.45, 7) is 5.90. The molecule has 35 heavy (non-hydrogen) atoms. The summed E-state index contributed by atoms with van der Waals surface area (Å²) in [7, 11) is -3.95. The van der Waals surface area contributed by atoms with Gasteiger partial charge in [0.2, 0.25) is 15.9 Å². The maximum Gasteiger partial charge on any atom is 0.248 e. The minimum atomic E-state index is -3.95. The van der Waals surface area contributed by atoms with Crippen molar-refractivity contribution in [1.29, 1.82) is 0 Å².